The third-order valence-corrected chi connectivity index (χ3v) is 5.00. The van der Waals surface area contributed by atoms with Gasteiger partial charge in [-0.25, -0.2) is 0 Å². The van der Waals surface area contributed by atoms with Crippen molar-refractivity contribution in [3.63, 3.8) is 0 Å². The van der Waals surface area contributed by atoms with Gasteiger partial charge >= 0.3 is 4.87 Å². The maximum Gasteiger partial charge on any atom is 0.305 e. The Kier molecular flexibility index (Phi) is 4.38. The number of piperazine rings is 1. The zero-order chi connectivity index (χ0) is 16.4. The molecular formula is C16H19N3O3S. The van der Waals surface area contributed by atoms with Gasteiger partial charge in [0.05, 0.1) is 7.11 Å². The van der Waals surface area contributed by atoms with Crippen molar-refractivity contribution >= 4 is 22.9 Å². The Balaban J connectivity index is 1.64. The predicted octanol–water partition coefficient (Wildman–Crippen LogP) is 1.72. The first-order chi connectivity index (χ1) is 11.1. The molecule has 0 unspecified atom stereocenters. The average molecular weight is 333 g/mol. The molecule has 23 heavy (non-hydrogen) atoms. The lowest BCUT2D eigenvalue weighted by Crippen LogP contribution is -2.48. The molecule has 6 nitrogen and oxygen atoms in total. The third-order valence-electron chi connectivity index (χ3n) is 4.02. The van der Waals surface area contributed by atoms with Crippen LogP contribution >= 0.6 is 11.3 Å². The Hall–Kier alpha value is -2.28. The number of aryl methyl sites for hydroxylation is 1. The second-order valence-corrected chi connectivity index (χ2v) is 6.43. The molecule has 0 spiro atoms. The van der Waals surface area contributed by atoms with E-state index in [1.54, 1.807) is 14.0 Å². The number of anilines is 1. The summed E-state index contributed by atoms with van der Waals surface area (Å²) in [7, 11) is 1.65. The number of aromatic amines is 1. The van der Waals surface area contributed by atoms with Crippen molar-refractivity contribution < 1.29 is 9.53 Å². The summed E-state index contributed by atoms with van der Waals surface area (Å²) < 4.78 is 5.17. The van der Waals surface area contributed by atoms with Gasteiger partial charge in [-0.15, -0.1) is 0 Å². The molecular weight excluding hydrogens is 314 g/mol. The summed E-state index contributed by atoms with van der Waals surface area (Å²) in [4.78, 5) is 30.9. The van der Waals surface area contributed by atoms with Crippen LogP contribution < -0.4 is 14.5 Å². The van der Waals surface area contributed by atoms with E-state index in [2.05, 4.69) is 9.88 Å². The van der Waals surface area contributed by atoms with Crippen molar-refractivity contribution in [1.29, 1.82) is 0 Å². The number of hydrogen-bond donors (Lipinski definition) is 1. The zero-order valence-corrected chi connectivity index (χ0v) is 14.0. The molecule has 0 bridgehead atoms. The van der Waals surface area contributed by atoms with E-state index in [-0.39, 0.29) is 10.8 Å². The summed E-state index contributed by atoms with van der Waals surface area (Å²) in [5.74, 6) is 0.778. The van der Waals surface area contributed by atoms with E-state index in [9.17, 15) is 9.59 Å². The standard InChI is InChI=1S/C16H19N3O3S/c1-11-14(23-16(21)17-11)15(20)19-9-7-18(8-10-19)12-3-5-13(22-2)6-4-12/h3-6H,7-10H2,1-2H3,(H,17,21). The second-order valence-electron chi connectivity index (χ2n) is 5.45. The number of carbonyl (C=O) groups is 1. The summed E-state index contributed by atoms with van der Waals surface area (Å²) in [6, 6.07) is 7.93. The van der Waals surface area contributed by atoms with Crippen LogP contribution in [0.1, 0.15) is 15.4 Å². The lowest BCUT2D eigenvalue weighted by Gasteiger charge is -2.36. The highest BCUT2D eigenvalue weighted by Gasteiger charge is 2.24. The van der Waals surface area contributed by atoms with Gasteiger partial charge in [-0.1, -0.05) is 11.3 Å². The second kappa shape index (κ2) is 6.45. The molecule has 1 aromatic heterocycles. The molecule has 1 fully saturated rings. The minimum absolute atomic E-state index is 0.0553. The Morgan fingerprint density at radius 3 is 2.35 bits per heavy atom. The van der Waals surface area contributed by atoms with Crippen LogP contribution in [0.15, 0.2) is 29.1 Å². The molecule has 1 aliphatic rings. The minimum Gasteiger partial charge on any atom is -0.497 e. The van der Waals surface area contributed by atoms with E-state index >= 15 is 0 Å². The van der Waals surface area contributed by atoms with Crippen LogP contribution in [0.3, 0.4) is 0 Å². The number of hydrogen-bond acceptors (Lipinski definition) is 5. The van der Waals surface area contributed by atoms with Gasteiger partial charge in [0.1, 0.15) is 10.6 Å². The topological polar surface area (TPSA) is 65.6 Å². The lowest BCUT2D eigenvalue weighted by atomic mass is 10.2. The van der Waals surface area contributed by atoms with Crippen molar-refractivity contribution in [2.75, 3.05) is 38.2 Å². The van der Waals surface area contributed by atoms with Gasteiger partial charge in [0.15, 0.2) is 0 Å². The molecule has 1 amide bonds. The fraction of sp³-hybridized carbons (Fsp3) is 0.375. The number of amides is 1. The highest BCUT2D eigenvalue weighted by Crippen LogP contribution is 2.21. The van der Waals surface area contributed by atoms with E-state index in [1.807, 2.05) is 29.2 Å². The quantitative estimate of drug-likeness (QED) is 0.929. The monoisotopic (exact) mass is 333 g/mol. The molecule has 1 aromatic carbocycles. The smallest absolute Gasteiger partial charge is 0.305 e. The average Bonchev–Trinajstić information content (AvgIpc) is 2.93. The van der Waals surface area contributed by atoms with Gasteiger partial charge in [-0.3, -0.25) is 9.59 Å². The number of rotatable bonds is 3. The van der Waals surface area contributed by atoms with E-state index in [0.717, 1.165) is 35.9 Å². The van der Waals surface area contributed by atoms with E-state index < -0.39 is 0 Å². The molecule has 0 atom stereocenters. The number of carbonyl (C=O) groups excluding carboxylic acids is 1. The van der Waals surface area contributed by atoms with Crippen molar-refractivity contribution in [1.82, 2.24) is 9.88 Å². The van der Waals surface area contributed by atoms with E-state index in [4.69, 9.17) is 4.74 Å². The van der Waals surface area contributed by atoms with Gasteiger partial charge in [0.2, 0.25) is 0 Å². The van der Waals surface area contributed by atoms with Crippen LogP contribution in [0.5, 0.6) is 5.75 Å². The maximum absolute atomic E-state index is 12.5. The lowest BCUT2D eigenvalue weighted by molar-refractivity contribution is 0.0750. The Labute approximate surface area is 138 Å². The van der Waals surface area contributed by atoms with Gasteiger partial charge in [-0.2, -0.15) is 0 Å². The molecule has 1 aliphatic heterocycles. The number of ether oxygens (including phenoxy) is 1. The summed E-state index contributed by atoms with van der Waals surface area (Å²) in [6.07, 6.45) is 0. The Bertz CT molecular complexity index is 743. The highest BCUT2D eigenvalue weighted by molar-refractivity contribution is 7.11. The minimum atomic E-state index is -0.178. The molecule has 1 N–H and O–H groups in total. The van der Waals surface area contributed by atoms with Crippen LogP contribution in [0.2, 0.25) is 0 Å². The summed E-state index contributed by atoms with van der Waals surface area (Å²) in [6.45, 7) is 4.61. The van der Waals surface area contributed by atoms with Crippen LogP contribution in [-0.4, -0.2) is 49.1 Å². The number of aromatic nitrogens is 1. The number of H-pyrrole nitrogens is 1. The van der Waals surface area contributed by atoms with Crippen molar-refractivity contribution in [2.24, 2.45) is 0 Å². The van der Waals surface area contributed by atoms with E-state index in [1.165, 1.54) is 0 Å². The van der Waals surface area contributed by atoms with Gasteiger partial charge in [0, 0.05) is 37.6 Å². The number of nitrogens with one attached hydrogen (secondary N) is 1. The van der Waals surface area contributed by atoms with Crippen molar-refractivity contribution in [3.8, 4) is 5.75 Å². The Morgan fingerprint density at radius 2 is 1.83 bits per heavy atom. The zero-order valence-electron chi connectivity index (χ0n) is 13.2. The molecule has 7 heteroatoms. The number of methoxy groups -OCH3 is 1. The largest absolute Gasteiger partial charge is 0.497 e. The summed E-state index contributed by atoms with van der Waals surface area (Å²) in [5.41, 5.74) is 1.78. The normalized spacial score (nSPS) is 14.9. The van der Waals surface area contributed by atoms with Crippen LogP contribution in [0, 0.1) is 6.92 Å². The molecule has 0 radical (unpaired) electrons. The first-order valence-electron chi connectivity index (χ1n) is 7.46. The molecule has 2 aromatic rings. The number of thiazole rings is 1. The van der Waals surface area contributed by atoms with Crippen molar-refractivity contribution in [3.05, 3.63) is 44.5 Å². The highest BCUT2D eigenvalue weighted by atomic mass is 32.1. The molecule has 0 aliphatic carbocycles. The van der Waals surface area contributed by atoms with Gasteiger partial charge in [0.25, 0.3) is 5.91 Å². The first-order valence-corrected chi connectivity index (χ1v) is 8.28. The first kappa shape index (κ1) is 15.6. The third kappa shape index (κ3) is 3.24. The van der Waals surface area contributed by atoms with E-state index in [0.29, 0.717) is 23.7 Å². The molecule has 122 valence electrons. The SMILES string of the molecule is COc1ccc(N2CCN(C(=O)c3sc(=O)[nH]c3C)CC2)cc1. The van der Waals surface area contributed by atoms with Crippen LogP contribution in [0.4, 0.5) is 5.69 Å². The van der Waals surface area contributed by atoms with Crippen LogP contribution in [-0.2, 0) is 0 Å². The fourth-order valence-corrected chi connectivity index (χ4v) is 3.52. The number of benzene rings is 1. The Morgan fingerprint density at radius 1 is 1.17 bits per heavy atom. The maximum atomic E-state index is 12.5. The van der Waals surface area contributed by atoms with Crippen LogP contribution in [0.25, 0.3) is 0 Å². The summed E-state index contributed by atoms with van der Waals surface area (Å²) >= 11 is 0.988. The summed E-state index contributed by atoms with van der Waals surface area (Å²) in [5, 5.41) is 0. The van der Waals surface area contributed by atoms with Gasteiger partial charge < -0.3 is 19.5 Å². The molecule has 3 rings (SSSR count). The number of nitrogens with zero attached hydrogens (tertiary/aromatic N) is 2. The molecule has 2 heterocycles. The van der Waals surface area contributed by atoms with Crippen molar-refractivity contribution in [2.45, 2.75) is 6.92 Å². The van der Waals surface area contributed by atoms with Gasteiger partial charge in [-0.05, 0) is 31.2 Å². The molecule has 1 saturated heterocycles. The molecule has 0 saturated carbocycles. The predicted molar refractivity (Wildman–Crippen MR) is 90.8 cm³/mol. The fourth-order valence-electron chi connectivity index (χ4n) is 2.71.